The summed E-state index contributed by atoms with van der Waals surface area (Å²) < 4.78 is 5.55. The zero-order chi connectivity index (χ0) is 12.7. The molecule has 1 aromatic rings. The average Bonchev–Trinajstić information content (AvgIpc) is 2.29. The van der Waals surface area contributed by atoms with Crippen molar-refractivity contribution in [2.24, 2.45) is 0 Å². The van der Waals surface area contributed by atoms with Crippen LogP contribution in [-0.4, -0.2) is 23.1 Å². The van der Waals surface area contributed by atoms with Crippen LogP contribution in [0.1, 0.15) is 39.4 Å². The highest BCUT2D eigenvalue weighted by atomic mass is 16.5. The summed E-state index contributed by atoms with van der Waals surface area (Å²) in [7, 11) is 0. The molecule has 0 fully saturated rings. The van der Waals surface area contributed by atoms with Crippen molar-refractivity contribution >= 4 is 5.82 Å². The number of rotatable bonds is 6. The van der Waals surface area contributed by atoms with Crippen LogP contribution in [0.3, 0.4) is 0 Å². The smallest absolute Gasteiger partial charge is 0.219 e. The number of hydrogen-bond acceptors (Lipinski definition) is 4. The maximum Gasteiger partial charge on any atom is 0.219 e. The van der Waals surface area contributed by atoms with Crippen molar-refractivity contribution in [1.82, 2.24) is 9.97 Å². The molecule has 1 heterocycles. The van der Waals surface area contributed by atoms with Gasteiger partial charge < -0.3 is 10.1 Å². The number of nitrogens with one attached hydrogen (secondary N) is 1. The summed E-state index contributed by atoms with van der Waals surface area (Å²) in [6.07, 6.45) is 3.90. The van der Waals surface area contributed by atoms with Crippen LogP contribution in [-0.2, 0) is 0 Å². The number of allylic oxidation sites excluding steroid dienone is 1. The van der Waals surface area contributed by atoms with Crippen LogP contribution >= 0.6 is 0 Å². The van der Waals surface area contributed by atoms with Crippen molar-refractivity contribution in [2.75, 3.05) is 18.5 Å². The zero-order valence-electron chi connectivity index (χ0n) is 11.0. The van der Waals surface area contributed by atoms with Crippen molar-refractivity contribution in [2.45, 2.75) is 33.6 Å². The van der Waals surface area contributed by atoms with Crippen LogP contribution in [0.5, 0.6) is 5.88 Å². The third kappa shape index (κ3) is 4.43. The van der Waals surface area contributed by atoms with E-state index in [2.05, 4.69) is 29.1 Å². The van der Waals surface area contributed by atoms with E-state index < -0.39 is 0 Å². The fraction of sp³-hybridized carbons (Fsp3) is 0.538. The van der Waals surface area contributed by atoms with Crippen LogP contribution in [0.2, 0.25) is 0 Å². The van der Waals surface area contributed by atoms with E-state index in [0.29, 0.717) is 12.5 Å². The van der Waals surface area contributed by atoms with Gasteiger partial charge in [0.15, 0.2) is 0 Å². The third-order valence-electron chi connectivity index (χ3n) is 2.16. The second-order valence-corrected chi connectivity index (χ2v) is 4.01. The molecule has 0 radical (unpaired) electrons. The van der Waals surface area contributed by atoms with Crippen molar-refractivity contribution in [3.05, 3.63) is 24.0 Å². The van der Waals surface area contributed by atoms with Crippen LogP contribution in [0.4, 0.5) is 5.82 Å². The average molecular weight is 235 g/mol. The highest BCUT2D eigenvalue weighted by Crippen LogP contribution is 2.18. The number of anilines is 1. The topological polar surface area (TPSA) is 47.0 Å². The molecule has 0 saturated carbocycles. The third-order valence-corrected chi connectivity index (χ3v) is 2.16. The first-order valence-corrected chi connectivity index (χ1v) is 6.04. The van der Waals surface area contributed by atoms with E-state index in [1.165, 1.54) is 0 Å². The van der Waals surface area contributed by atoms with Gasteiger partial charge in [0.25, 0.3) is 0 Å². The van der Waals surface area contributed by atoms with E-state index in [4.69, 9.17) is 4.74 Å². The van der Waals surface area contributed by atoms with Gasteiger partial charge in [-0.15, -0.1) is 0 Å². The normalized spacial score (nSPS) is 11.1. The first-order chi connectivity index (χ1) is 8.17. The molecule has 4 nitrogen and oxygen atoms in total. The van der Waals surface area contributed by atoms with Crippen LogP contribution in [0.25, 0.3) is 0 Å². The molecule has 0 unspecified atom stereocenters. The second-order valence-electron chi connectivity index (χ2n) is 4.01. The summed E-state index contributed by atoms with van der Waals surface area (Å²) in [4.78, 5) is 8.81. The molecule has 1 N–H and O–H groups in total. The van der Waals surface area contributed by atoms with E-state index >= 15 is 0 Å². The quantitative estimate of drug-likeness (QED) is 0.770. The first kappa shape index (κ1) is 13.5. The molecule has 0 bridgehead atoms. The lowest BCUT2D eigenvalue weighted by atomic mass is 10.2. The van der Waals surface area contributed by atoms with Gasteiger partial charge in [0.05, 0.1) is 0 Å². The number of nitrogens with zero attached hydrogens (tertiary/aromatic N) is 2. The highest BCUT2D eigenvalue weighted by Gasteiger charge is 2.08. The molecule has 1 rings (SSSR count). The minimum absolute atomic E-state index is 0.290. The van der Waals surface area contributed by atoms with Gasteiger partial charge in [0.1, 0.15) is 18.2 Å². The van der Waals surface area contributed by atoms with Gasteiger partial charge in [-0.3, -0.25) is 0 Å². The summed E-state index contributed by atoms with van der Waals surface area (Å²) in [6, 6.07) is 1.83. The van der Waals surface area contributed by atoms with E-state index in [9.17, 15) is 0 Å². The van der Waals surface area contributed by atoms with Gasteiger partial charge >= 0.3 is 0 Å². The minimum atomic E-state index is 0.290. The molecular weight excluding hydrogens is 214 g/mol. The molecule has 0 amide bonds. The largest absolute Gasteiger partial charge is 0.473 e. The molecular formula is C13H21N3O. The van der Waals surface area contributed by atoms with Gasteiger partial charge in [0.2, 0.25) is 5.88 Å². The number of hydrogen-bond donors (Lipinski definition) is 1. The number of aromatic nitrogens is 2. The Bertz CT molecular complexity index is 375. The maximum absolute atomic E-state index is 5.55. The predicted molar refractivity (Wildman–Crippen MR) is 70.6 cm³/mol. The Morgan fingerprint density at radius 2 is 2.18 bits per heavy atom. The Labute approximate surface area is 103 Å². The standard InChI is InChI=1S/C13H21N3O/c1-5-7-8-17-12-9-11(14-6-2)15-13(16-12)10(3)4/h5,7,9-10H,6,8H2,1-4H3,(H,14,15,16)/b7-5+. The molecule has 0 aliphatic rings. The van der Waals surface area contributed by atoms with Gasteiger partial charge in [-0.05, 0) is 13.8 Å². The Morgan fingerprint density at radius 3 is 2.76 bits per heavy atom. The Hall–Kier alpha value is -1.58. The fourth-order valence-electron chi connectivity index (χ4n) is 1.28. The Kier molecular flexibility index (Phi) is 5.46. The van der Waals surface area contributed by atoms with E-state index in [0.717, 1.165) is 18.2 Å². The van der Waals surface area contributed by atoms with Crippen LogP contribution in [0.15, 0.2) is 18.2 Å². The molecule has 0 spiro atoms. The predicted octanol–water partition coefficient (Wildman–Crippen LogP) is 2.99. The van der Waals surface area contributed by atoms with Crippen LogP contribution in [0, 0.1) is 0 Å². The fourth-order valence-corrected chi connectivity index (χ4v) is 1.28. The summed E-state index contributed by atoms with van der Waals surface area (Å²) in [5.41, 5.74) is 0. The Morgan fingerprint density at radius 1 is 1.41 bits per heavy atom. The zero-order valence-corrected chi connectivity index (χ0v) is 11.0. The van der Waals surface area contributed by atoms with E-state index in [1.807, 2.05) is 32.1 Å². The molecule has 94 valence electrons. The molecule has 0 aromatic carbocycles. The van der Waals surface area contributed by atoms with E-state index in [-0.39, 0.29) is 5.92 Å². The van der Waals surface area contributed by atoms with Gasteiger partial charge in [-0.1, -0.05) is 26.0 Å². The van der Waals surface area contributed by atoms with Gasteiger partial charge in [-0.25, -0.2) is 4.98 Å². The molecule has 0 atom stereocenters. The first-order valence-electron chi connectivity index (χ1n) is 6.04. The lowest BCUT2D eigenvalue weighted by Gasteiger charge is -2.10. The van der Waals surface area contributed by atoms with E-state index in [1.54, 1.807) is 0 Å². The summed E-state index contributed by atoms with van der Waals surface area (Å²) in [5, 5.41) is 3.18. The molecule has 0 saturated heterocycles. The monoisotopic (exact) mass is 235 g/mol. The number of ether oxygens (including phenoxy) is 1. The van der Waals surface area contributed by atoms with Crippen molar-refractivity contribution < 1.29 is 4.74 Å². The van der Waals surface area contributed by atoms with Crippen molar-refractivity contribution in [1.29, 1.82) is 0 Å². The summed E-state index contributed by atoms with van der Waals surface area (Å²) in [5.74, 6) is 2.54. The second kappa shape index (κ2) is 6.89. The summed E-state index contributed by atoms with van der Waals surface area (Å²) in [6.45, 7) is 9.52. The van der Waals surface area contributed by atoms with Crippen molar-refractivity contribution in [3.63, 3.8) is 0 Å². The molecule has 4 heteroatoms. The SMILES string of the molecule is C/C=C/COc1cc(NCC)nc(C(C)C)n1. The molecule has 17 heavy (non-hydrogen) atoms. The molecule has 0 aliphatic carbocycles. The van der Waals surface area contributed by atoms with Gasteiger partial charge in [0, 0.05) is 18.5 Å². The molecule has 1 aromatic heterocycles. The minimum Gasteiger partial charge on any atom is -0.473 e. The van der Waals surface area contributed by atoms with Crippen molar-refractivity contribution in [3.8, 4) is 5.88 Å². The molecule has 0 aliphatic heterocycles. The lowest BCUT2D eigenvalue weighted by Crippen LogP contribution is -2.07. The summed E-state index contributed by atoms with van der Waals surface area (Å²) >= 11 is 0. The maximum atomic E-state index is 5.55. The van der Waals surface area contributed by atoms with Gasteiger partial charge in [-0.2, -0.15) is 4.98 Å². The van der Waals surface area contributed by atoms with Crippen LogP contribution < -0.4 is 10.1 Å². The lowest BCUT2D eigenvalue weighted by molar-refractivity contribution is 0.345. The highest BCUT2D eigenvalue weighted by molar-refractivity contribution is 5.38. The Balaban J connectivity index is 2.87.